The summed E-state index contributed by atoms with van der Waals surface area (Å²) >= 11 is 6.48. The zero-order chi connectivity index (χ0) is 19.0. The number of methoxy groups -OCH3 is 2. The molecule has 4 nitrogen and oxygen atoms in total. The third-order valence-electron chi connectivity index (χ3n) is 5.75. The summed E-state index contributed by atoms with van der Waals surface area (Å²) in [4.78, 5) is 0. The van der Waals surface area contributed by atoms with Crippen LogP contribution in [0.3, 0.4) is 0 Å². The van der Waals surface area contributed by atoms with Crippen LogP contribution in [0.2, 0.25) is 5.02 Å². The van der Waals surface area contributed by atoms with Crippen molar-refractivity contribution in [3.05, 3.63) is 52.0 Å². The number of rotatable bonds is 4. The van der Waals surface area contributed by atoms with Gasteiger partial charge in [0.05, 0.1) is 31.4 Å². The number of aryl methyl sites for hydroxylation is 1. The van der Waals surface area contributed by atoms with Crippen LogP contribution in [0, 0.1) is 5.92 Å². The van der Waals surface area contributed by atoms with Crippen LogP contribution in [0.15, 0.2) is 30.3 Å². The number of ether oxygens (including phenoxy) is 3. The molecule has 0 radical (unpaired) electrons. The molecule has 5 heteroatoms. The molecule has 0 aromatic heterocycles. The Hall–Kier alpha value is -1.91. The molecule has 0 spiro atoms. The van der Waals surface area contributed by atoms with E-state index in [0.717, 1.165) is 37.1 Å². The van der Waals surface area contributed by atoms with Gasteiger partial charge in [0.15, 0.2) is 11.5 Å². The standard InChI is InChI=1S/C22H26ClNO3/c1-4-13-7-8-18-16(10-13)21-15(6-5-9-27-21)20(24-18)14-11-17(23)22(26-3)19(12-14)25-2/h7-8,10-12,15,20-21,24H,4-6,9H2,1-3H3. The van der Waals surface area contributed by atoms with Gasteiger partial charge in [0, 0.05) is 23.8 Å². The maximum Gasteiger partial charge on any atom is 0.179 e. The molecule has 2 aromatic carbocycles. The molecule has 2 heterocycles. The summed E-state index contributed by atoms with van der Waals surface area (Å²) in [5.41, 5.74) is 4.87. The topological polar surface area (TPSA) is 39.7 Å². The summed E-state index contributed by atoms with van der Waals surface area (Å²) in [5.74, 6) is 1.58. The maximum absolute atomic E-state index is 6.48. The molecule has 3 atom stereocenters. The first-order valence-electron chi connectivity index (χ1n) is 9.58. The van der Waals surface area contributed by atoms with E-state index < -0.39 is 0 Å². The van der Waals surface area contributed by atoms with Crippen molar-refractivity contribution in [2.45, 2.75) is 38.3 Å². The molecule has 2 aliphatic heterocycles. The van der Waals surface area contributed by atoms with Crippen LogP contribution in [0.1, 0.15) is 48.6 Å². The molecular formula is C22H26ClNO3. The lowest BCUT2D eigenvalue weighted by molar-refractivity contribution is -0.0381. The van der Waals surface area contributed by atoms with E-state index >= 15 is 0 Å². The SMILES string of the molecule is CCc1ccc2c(c1)C1OCCCC1C(c1cc(Cl)c(OC)c(OC)c1)N2. The van der Waals surface area contributed by atoms with Gasteiger partial charge in [0.25, 0.3) is 0 Å². The molecule has 2 aromatic rings. The highest BCUT2D eigenvalue weighted by atomic mass is 35.5. The minimum atomic E-state index is 0.110. The summed E-state index contributed by atoms with van der Waals surface area (Å²) in [5, 5.41) is 4.31. The third-order valence-corrected chi connectivity index (χ3v) is 6.03. The maximum atomic E-state index is 6.48. The van der Waals surface area contributed by atoms with Crippen molar-refractivity contribution in [1.29, 1.82) is 0 Å². The van der Waals surface area contributed by atoms with Gasteiger partial charge in [-0.15, -0.1) is 0 Å². The van der Waals surface area contributed by atoms with Gasteiger partial charge in [0.1, 0.15) is 0 Å². The van der Waals surface area contributed by atoms with Gasteiger partial charge in [0.2, 0.25) is 0 Å². The van der Waals surface area contributed by atoms with Crippen LogP contribution in [0.4, 0.5) is 5.69 Å². The van der Waals surface area contributed by atoms with E-state index in [9.17, 15) is 0 Å². The van der Waals surface area contributed by atoms with Gasteiger partial charge < -0.3 is 19.5 Å². The van der Waals surface area contributed by atoms with Crippen molar-refractivity contribution in [1.82, 2.24) is 0 Å². The average molecular weight is 388 g/mol. The van der Waals surface area contributed by atoms with Crippen molar-refractivity contribution in [2.75, 3.05) is 26.1 Å². The van der Waals surface area contributed by atoms with Gasteiger partial charge in [-0.3, -0.25) is 0 Å². The highest BCUT2D eigenvalue weighted by Crippen LogP contribution is 2.50. The van der Waals surface area contributed by atoms with E-state index in [2.05, 4.69) is 30.4 Å². The smallest absolute Gasteiger partial charge is 0.179 e. The van der Waals surface area contributed by atoms with Gasteiger partial charge in [-0.1, -0.05) is 30.7 Å². The van der Waals surface area contributed by atoms with Crippen molar-refractivity contribution < 1.29 is 14.2 Å². The Morgan fingerprint density at radius 2 is 2.04 bits per heavy atom. The summed E-state index contributed by atoms with van der Waals surface area (Å²) in [6.45, 7) is 3.00. The molecule has 0 bridgehead atoms. The molecule has 4 rings (SSSR count). The Labute approximate surface area is 165 Å². The van der Waals surface area contributed by atoms with Crippen molar-refractivity contribution in [3.8, 4) is 11.5 Å². The van der Waals surface area contributed by atoms with E-state index in [1.807, 2.05) is 12.1 Å². The molecule has 0 aliphatic carbocycles. The first kappa shape index (κ1) is 18.5. The van der Waals surface area contributed by atoms with E-state index in [4.69, 9.17) is 25.8 Å². The fraction of sp³-hybridized carbons (Fsp3) is 0.455. The molecule has 1 saturated heterocycles. The third kappa shape index (κ3) is 3.26. The number of benzene rings is 2. The second-order valence-electron chi connectivity index (χ2n) is 7.23. The minimum absolute atomic E-state index is 0.110. The molecule has 2 aliphatic rings. The van der Waals surface area contributed by atoms with Gasteiger partial charge in [-0.05, 0) is 48.6 Å². The largest absolute Gasteiger partial charge is 0.493 e. The van der Waals surface area contributed by atoms with Gasteiger partial charge >= 0.3 is 0 Å². The number of fused-ring (bicyclic) bond motifs is 3. The van der Waals surface area contributed by atoms with Crippen LogP contribution in [-0.2, 0) is 11.2 Å². The van der Waals surface area contributed by atoms with Gasteiger partial charge in [-0.2, -0.15) is 0 Å². The summed E-state index contributed by atoms with van der Waals surface area (Å²) in [6, 6.07) is 10.8. The Bertz CT molecular complexity index is 839. The summed E-state index contributed by atoms with van der Waals surface area (Å²) in [6.07, 6.45) is 3.32. The van der Waals surface area contributed by atoms with Crippen LogP contribution >= 0.6 is 11.6 Å². The lowest BCUT2D eigenvalue weighted by Gasteiger charge is -2.43. The van der Waals surface area contributed by atoms with Crippen LogP contribution in [-0.4, -0.2) is 20.8 Å². The zero-order valence-electron chi connectivity index (χ0n) is 16.0. The predicted octanol–water partition coefficient (Wildman–Crippen LogP) is 5.55. The number of hydrogen-bond acceptors (Lipinski definition) is 4. The Morgan fingerprint density at radius 1 is 1.19 bits per heavy atom. The monoisotopic (exact) mass is 387 g/mol. The zero-order valence-corrected chi connectivity index (χ0v) is 16.8. The van der Waals surface area contributed by atoms with Crippen LogP contribution < -0.4 is 14.8 Å². The van der Waals surface area contributed by atoms with E-state index in [-0.39, 0.29) is 12.1 Å². The molecule has 0 saturated carbocycles. The lowest BCUT2D eigenvalue weighted by atomic mass is 9.77. The molecule has 27 heavy (non-hydrogen) atoms. The molecule has 144 valence electrons. The Balaban J connectivity index is 1.78. The number of hydrogen-bond donors (Lipinski definition) is 1. The van der Waals surface area contributed by atoms with Crippen molar-refractivity contribution >= 4 is 17.3 Å². The van der Waals surface area contributed by atoms with Gasteiger partial charge in [-0.25, -0.2) is 0 Å². The normalized spacial score (nSPS) is 23.8. The molecular weight excluding hydrogens is 362 g/mol. The second kappa shape index (κ2) is 7.61. The minimum Gasteiger partial charge on any atom is -0.493 e. The average Bonchev–Trinajstić information content (AvgIpc) is 2.72. The first-order chi connectivity index (χ1) is 13.2. The summed E-state index contributed by atoms with van der Waals surface area (Å²) in [7, 11) is 3.25. The Kier molecular flexibility index (Phi) is 5.20. The molecule has 1 fully saturated rings. The molecule has 1 N–H and O–H groups in total. The quantitative estimate of drug-likeness (QED) is 0.746. The Morgan fingerprint density at radius 3 is 2.78 bits per heavy atom. The highest BCUT2D eigenvalue weighted by Gasteiger charge is 2.40. The fourth-order valence-electron chi connectivity index (χ4n) is 4.39. The van der Waals surface area contributed by atoms with Crippen molar-refractivity contribution in [3.63, 3.8) is 0 Å². The lowest BCUT2D eigenvalue weighted by Crippen LogP contribution is -2.36. The number of anilines is 1. The number of nitrogens with one attached hydrogen (secondary N) is 1. The van der Waals surface area contributed by atoms with E-state index in [1.165, 1.54) is 11.1 Å². The first-order valence-corrected chi connectivity index (χ1v) is 9.96. The predicted molar refractivity (Wildman–Crippen MR) is 108 cm³/mol. The number of halogens is 1. The van der Waals surface area contributed by atoms with Crippen LogP contribution in [0.25, 0.3) is 0 Å². The molecule has 0 amide bonds. The molecule has 3 unspecified atom stereocenters. The van der Waals surface area contributed by atoms with E-state index in [1.54, 1.807) is 14.2 Å². The second-order valence-corrected chi connectivity index (χ2v) is 7.64. The van der Waals surface area contributed by atoms with E-state index in [0.29, 0.717) is 22.4 Å². The highest BCUT2D eigenvalue weighted by molar-refractivity contribution is 6.32. The summed E-state index contributed by atoms with van der Waals surface area (Å²) < 4.78 is 17.2. The van der Waals surface area contributed by atoms with Crippen LogP contribution in [0.5, 0.6) is 11.5 Å². The fourth-order valence-corrected chi connectivity index (χ4v) is 4.68. The van der Waals surface area contributed by atoms with Crippen molar-refractivity contribution in [2.24, 2.45) is 5.92 Å².